The van der Waals surface area contributed by atoms with Crippen LogP contribution in [0, 0.1) is 0 Å². The molecule has 3 nitrogen and oxygen atoms in total. The van der Waals surface area contributed by atoms with Crippen LogP contribution in [0.4, 0.5) is 0 Å². The van der Waals surface area contributed by atoms with E-state index in [0.717, 1.165) is 0 Å². The molecule has 6 aromatic rings. The Labute approximate surface area is 297 Å². The molecule has 254 valence electrons. The monoisotopic (exact) mass is 724 g/mol. The predicted octanol–water partition coefficient (Wildman–Crippen LogP) is 6.04. The van der Waals surface area contributed by atoms with Gasteiger partial charge in [0.1, 0.15) is 0 Å². The molecule has 0 fully saturated rings. The van der Waals surface area contributed by atoms with Gasteiger partial charge in [-0.15, -0.1) is 0 Å². The zero-order chi connectivity index (χ0) is 35.8. The van der Waals surface area contributed by atoms with Crippen molar-refractivity contribution in [1.29, 1.82) is 0 Å². The SMILES string of the molecule is C[P+](C)(c1ccccc1)c1ccccc1.C[P+](C)(c1ccccc1)c1ccccc1.C[P+](C)(c1ccccc1)c1ccccc1.[O-]P([O-])[O-]. The average molecular weight is 725 g/mol. The fraction of sp³-hybridized carbons (Fsp3) is 0.143. The molecule has 0 aliphatic rings. The molecule has 49 heavy (non-hydrogen) atoms. The molecule has 0 aromatic heterocycles. The molecular weight excluding hydrogens is 676 g/mol. The van der Waals surface area contributed by atoms with Crippen LogP contribution in [0.2, 0.25) is 0 Å². The minimum absolute atomic E-state index is 1.15. The smallest absolute Gasteiger partial charge is 0.0985 e. The Morgan fingerprint density at radius 1 is 0.265 bits per heavy atom. The van der Waals surface area contributed by atoms with Crippen LogP contribution in [0.3, 0.4) is 0 Å². The molecule has 7 heteroatoms. The van der Waals surface area contributed by atoms with E-state index in [-0.39, 0.29) is 0 Å². The lowest BCUT2D eigenvalue weighted by molar-refractivity contribution is -0.407. The van der Waals surface area contributed by atoms with Crippen molar-refractivity contribution < 1.29 is 14.7 Å². The third-order valence-electron chi connectivity index (χ3n) is 8.41. The van der Waals surface area contributed by atoms with Gasteiger partial charge in [-0.25, -0.2) is 0 Å². The van der Waals surface area contributed by atoms with E-state index >= 15 is 0 Å². The van der Waals surface area contributed by atoms with Crippen molar-refractivity contribution in [3.8, 4) is 0 Å². The molecule has 6 aromatic carbocycles. The van der Waals surface area contributed by atoms with Crippen LogP contribution in [0.1, 0.15) is 0 Å². The summed E-state index contributed by atoms with van der Waals surface area (Å²) in [6.07, 6.45) is 0. The minimum Gasteiger partial charge on any atom is -0.854 e. The molecule has 0 unspecified atom stereocenters. The van der Waals surface area contributed by atoms with Gasteiger partial charge in [-0.1, -0.05) is 109 Å². The molecule has 6 rings (SSSR count). The third kappa shape index (κ3) is 12.6. The molecule has 0 saturated heterocycles. The fourth-order valence-corrected chi connectivity index (χ4v) is 11.7. The van der Waals surface area contributed by atoms with Gasteiger partial charge in [0.2, 0.25) is 0 Å². The summed E-state index contributed by atoms with van der Waals surface area (Å²) < 4.78 is 0. The van der Waals surface area contributed by atoms with E-state index in [0.29, 0.717) is 0 Å². The van der Waals surface area contributed by atoms with Crippen LogP contribution < -0.4 is 46.5 Å². The van der Waals surface area contributed by atoms with Gasteiger partial charge in [0.15, 0.2) is 0 Å². The average Bonchev–Trinajstić information content (AvgIpc) is 3.14. The van der Waals surface area contributed by atoms with Crippen molar-refractivity contribution in [3.63, 3.8) is 0 Å². The summed E-state index contributed by atoms with van der Waals surface area (Å²) in [6.45, 7) is 14.2. The van der Waals surface area contributed by atoms with Crippen LogP contribution >= 0.6 is 30.4 Å². The van der Waals surface area contributed by atoms with E-state index in [1.807, 2.05) is 0 Å². The minimum atomic E-state index is -3.37. The van der Waals surface area contributed by atoms with E-state index < -0.39 is 30.4 Å². The second-order valence-corrected chi connectivity index (χ2v) is 24.9. The van der Waals surface area contributed by atoms with Gasteiger partial charge in [-0.2, -0.15) is 0 Å². The maximum atomic E-state index is 8.48. The maximum absolute atomic E-state index is 8.48. The zero-order valence-electron chi connectivity index (χ0n) is 29.3. The second kappa shape index (κ2) is 19.9. The summed E-state index contributed by atoms with van der Waals surface area (Å²) in [7, 11) is -6.81. The summed E-state index contributed by atoms with van der Waals surface area (Å²) in [6, 6.07) is 64.8. The fourth-order valence-electron chi connectivity index (χ4n) is 5.25. The van der Waals surface area contributed by atoms with Crippen LogP contribution in [0.25, 0.3) is 0 Å². The molecule has 0 saturated carbocycles. The van der Waals surface area contributed by atoms with Gasteiger partial charge in [0.25, 0.3) is 0 Å². The van der Waals surface area contributed by atoms with Crippen molar-refractivity contribution in [1.82, 2.24) is 0 Å². The van der Waals surface area contributed by atoms with Crippen molar-refractivity contribution in [3.05, 3.63) is 182 Å². The lowest BCUT2D eigenvalue weighted by Crippen LogP contribution is -2.19. The standard InChI is InChI=1S/3C14H16P.O3P/c3*1-15(2,13-9-5-3-6-10-13)14-11-7-4-8-12-14;1-4(2)3/h3*3-12H,1-2H3;/q3*+1;-3. The summed E-state index contributed by atoms with van der Waals surface area (Å²) in [5, 5.41) is 8.81. The molecule has 0 aliphatic carbocycles. The molecule has 0 radical (unpaired) electrons. The zero-order valence-corrected chi connectivity index (χ0v) is 32.9. The Bertz CT molecular complexity index is 1400. The Morgan fingerprint density at radius 2 is 0.367 bits per heavy atom. The molecule has 0 bridgehead atoms. The van der Waals surface area contributed by atoms with Gasteiger partial charge >= 0.3 is 0 Å². The molecular formula is C42H48O3P4. The Hall–Kier alpha value is -3.08. The maximum Gasteiger partial charge on any atom is 0.0985 e. The van der Waals surface area contributed by atoms with Gasteiger partial charge in [-0.3, -0.25) is 0 Å². The number of rotatable bonds is 6. The second-order valence-electron chi connectivity index (χ2n) is 12.6. The highest BCUT2D eigenvalue weighted by Crippen LogP contribution is 2.49. The predicted molar refractivity (Wildman–Crippen MR) is 220 cm³/mol. The van der Waals surface area contributed by atoms with Crippen molar-refractivity contribution >= 4 is 62.2 Å². The van der Waals surface area contributed by atoms with Crippen LogP contribution in [-0.2, 0) is 0 Å². The first kappa shape index (κ1) is 40.4. The molecule has 0 spiro atoms. The number of hydrogen-bond acceptors (Lipinski definition) is 3. The Balaban J connectivity index is 0.000000188. The van der Waals surface area contributed by atoms with E-state index in [2.05, 4.69) is 222 Å². The van der Waals surface area contributed by atoms with Gasteiger partial charge in [-0.05, 0) is 72.8 Å². The molecule has 0 aliphatic heterocycles. The quantitative estimate of drug-likeness (QED) is 0.197. The highest BCUT2D eigenvalue weighted by molar-refractivity contribution is 7.89. The molecule has 0 N–H and O–H groups in total. The van der Waals surface area contributed by atoms with E-state index in [4.69, 9.17) is 14.7 Å². The van der Waals surface area contributed by atoms with E-state index in [1.165, 1.54) is 31.8 Å². The largest absolute Gasteiger partial charge is 0.854 e. The number of benzene rings is 6. The summed E-state index contributed by atoms with van der Waals surface area (Å²) >= 11 is 0. The highest BCUT2D eigenvalue weighted by Gasteiger charge is 2.32. The van der Waals surface area contributed by atoms with Gasteiger partial charge in [0, 0.05) is 0 Å². The Morgan fingerprint density at radius 3 is 0.469 bits per heavy atom. The number of hydrogen-bond donors (Lipinski definition) is 0. The summed E-state index contributed by atoms with van der Waals surface area (Å²) in [5.41, 5.74) is 0. The first-order valence-electron chi connectivity index (χ1n) is 16.0. The van der Waals surface area contributed by atoms with Crippen molar-refractivity contribution in [2.45, 2.75) is 0 Å². The van der Waals surface area contributed by atoms with Crippen molar-refractivity contribution in [2.75, 3.05) is 40.0 Å². The Kier molecular flexibility index (Phi) is 16.4. The lowest BCUT2D eigenvalue weighted by atomic mass is 10.4. The van der Waals surface area contributed by atoms with Crippen LogP contribution in [0.15, 0.2) is 182 Å². The first-order valence-corrected chi connectivity index (χ1v) is 25.2. The van der Waals surface area contributed by atoms with E-state index in [1.54, 1.807) is 0 Å². The van der Waals surface area contributed by atoms with Gasteiger partial charge in [0.05, 0.1) is 93.6 Å². The van der Waals surface area contributed by atoms with Crippen LogP contribution in [-0.4, -0.2) is 40.0 Å². The first-order chi connectivity index (χ1) is 23.4. The van der Waals surface area contributed by atoms with Gasteiger partial charge < -0.3 is 23.3 Å². The molecule has 0 atom stereocenters. The summed E-state index contributed by atoms with van der Waals surface area (Å²) in [5.74, 6) is 0. The lowest BCUT2D eigenvalue weighted by Gasteiger charge is -2.39. The third-order valence-corrected chi connectivity index (χ3v) is 17.9. The summed E-state index contributed by atoms with van der Waals surface area (Å²) in [4.78, 5) is 25.4. The van der Waals surface area contributed by atoms with E-state index in [9.17, 15) is 0 Å². The van der Waals surface area contributed by atoms with Crippen molar-refractivity contribution in [2.24, 2.45) is 0 Å². The highest BCUT2D eigenvalue weighted by atomic mass is 31.2. The topological polar surface area (TPSA) is 69.2 Å². The normalized spacial score (nSPS) is 11.1. The molecule has 0 heterocycles. The molecule has 0 amide bonds. The van der Waals surface area contributed by atoms with Crippen LogP contribution in [0.5, 0.6) is 0 Å².